The number of carbonyl (C=O) groups excluding carboxylic acids is 1. The highest BCUT2D eigenvalue weighted by Crippen LogP contribution is 2.60. The maximum atomic E-state index is 12.5. The molecule has 140 valence electrons. The van der Waals surface area contributed by atoms with Crippen molar-refractivity contribution in [3.63, 3.8) is 0 Å². The van der Waals surface area contributed by atoms with Gasteiger partial charge in [0.2, 0.25) is 5.91 Å². The van der Waals surface area contributed by atoms with Gasteiger partial charge < -0.3 is 10.1 Å². The predicted octanol–water partition coefficient (Wildman–Crippen LogP) is 4.24. The number of thioether (sulfide) groups is 1. The van der Waals surface area contributed by atoms with Crippen LogP contribution in [0.5, 0.6) is 5.75 Å². The van der Waals surface area contributed by atoms with Crippen molar-refractivity contribution in [1.29, 1.82) is 0 Å². The van der Waals surface area contributed by atoms with E-state index in [2.05, 4.69) is 5.32 Å². The predicted molar refractivity (Wildman–Crippen MR) is 102 cm³/mol. The fourth-order valence-electron chi connectivity index (χ4n) is 5.52. The first kappa shape index (κ1) is 17.6. The number of carbonyl (C=O) groups is 1. The number of benzene rings is 1. The number of amides is 1. The second-order valence-electron chi connectivity index (χ2n) is 8.08. The first-order valence-corrected chi connectivity index (χ1v) is 10.2. The standard InChI is InChI=1S/C19H24N2O4S/c1-25-17-3-2-15(21(23)24)7-16(17)20-18(22)11-26-19-8-12-4-13(9-19)6-14(5-12)10-19/h2-3,7,12-14H,4-6,8-11H2,1H3,(H,20,22). The zero-order chi connectivity index (χ0) is 18.3. The molecule has 1 amide bonds. The quantitative estimate of drug-likeness (QED) is 0.593. The van der Waals surface area contributed by atoms with Gasteiger partial charge in [-0.1, -0.05) is 0 Å². The van der Waals surface area contributed by atoms with Crippen LogP contribution in [0.2, 0.25) is 0 Å². The van der Waals surface area contributed by atoms with E-state index in [0.717, 1.165) is 17.8 Å². The van der Waals surface area contributed by atoms with Crippen LogP contribution in [0, 0.1) is 27.9 Å². The molecule has 0 aliphatic heterocycles. The molecule has 1 N–H and O–H groups in total. The van der Waals surface area contributed by atoms with Crippen LogP contribution in [-0.2, 0) is 4.79 Å². The highest BCUT2D eigenvalue weighted by atomic mass is 32.2. The Hall–Kier alpha value is -1.76. The molecule has 0 aromatic heterocycles. The van der Waals surface area contributed by atoms with Crippen molar-refractivity contribution in [2.24, 2.45) is 17.8 Å². The average molecular weight is 376 g/mol. The molecule has 0 spiro atoms. The molecule has 4 aliphatic carbocycles. The SMILES string of the molecule is COc1ccc([N+](=O)[O-])cc1NC(=O)CSC12CC3CC(CC(C3)C1)C2. The highest BCUT2D eigenvalue weighted by Gasteiger charge is 2.51. The molecule has 0 radical (unpaired) electrons. The molecule has 0 atom stereocenters. The summed E-state index contributed by atoms with van der Waals surface area (Å²) in [5.74, 6) is 3.27. The molecule has 4 fully saturated rings. The zero-order valence-electron chi connectivity index (χ0n) is 14.9. The highest BCUT2D eigenvalue weighted by molar-refractivity contribution is 8.01. The minimum absolute atomic E-state index is 0.0603. The van der Waals surface area contributed by atoms with Gasteiger partial charge in [-0.25, -0.2) is 0 Å². The first-order chi connectivity index (χ1) is 12.5. The number of nitrogens with zero attached hydrogens (tertiary/aromatic N) is 1. The number of methoxy groups -OCH3 is 1. The summed E-state index contributed by atoms with van der Waals surface area (Å²) in [5.41, 5.74) is 0.299. The van der Waals surface area contributed by atoms with E-state index in [4.69, 9.17) is 4.74 Å². The number of nitro groups is 1. The maximum absolute atomic E-state index is 12.5. The average Bonchev–Trinajstić information content (AvgIpc) is 2.59. The van der Waals surface area contributed by atoms with Crippen LogP contribution in [0.25, 0.3) is 0 Å². The van der Waals surface area contributed by atoms with E-state index in [1.54, 1.807) is 11.8 Å². The summed E-state index contributed by atoms with van der Waals surface area (Å²) in [6.45, 7) is 0. The Morgan fingerprint density at radius 3 is 2.42 bits per heavy atom. The van der Waals surface area contributed by atoms with Gasteiger partial charge >= 0.3 is 0 Å². The van der Waals surface area contributed by atoms with E-state index in [1.165, 1.54) is 63.8 Å². The molecule has 4 aliphatic rings. The van der Waals surface area contributed by atoms with Crippen molar-refractivity contribution in [1.82, 2.24) is 0 Å². The zero-order valence-corrected chi connectivity index (χ0v) is 15.7. The molecule has 7 heteroatoms. The number of rotatable bonds is 6. The summed E-state index contributed by atoms with van der Waals surface area (Å²) >= 11 is 1.80. The van der Waals surface area contributed by atoms with Crippen molar-refractivity contribution in [2.75, 3.05) is 18.2 Å². The second-order valence-corrected chi connectivity index (χ2v) is 9.52. The topological polar surface area (TPSA) is 81.5 Å². The molecule has 1 aromatic carbocycles. The van der Waals surface area contributed by atoms with Gasteiger partial charge in [-0.2, -0.15) is 0 Å². The first-order valence-electron chi connectivity index (χ1n) is 9.22. The minimum atomic E-state index is -0.473. The second kappa shape index (κ2) is 6.76. The lowest BCUT2D eigenvalue weighted by atomic mass is 9.56. The summed E-state index contributed by atoms with van der Waals surface area (Å²) < 4.78 is 5.49. The number of hydrogen-bond donors (Lipinski definition) is 1. The number of ether oxygens (including phenoxy) is 1. The number of non-ortho nitro benzene ring substituents is 1. The molecule has 6 nitrogen and oxygen atoms in total. The Morgan fingerprint density at radius 1 is 1.27 bits per heavy atom. The van der Waals surface area contributed by atoms with E-state index < -0.39 is 4.92 Å². The summed E-state index contributed by atoms with van der Waals surface area (Å²) in [6.07, 6.45) is 7.90. The number of nitrogens with one attached hydrogen (secondary N) is 1. The molecule has 0 saturated heterocycles. The molecular weight excluding hydrogens is 352 g/mol. The number of hydrogen-bond acceptors (Lipinski definition) is 5. The minimum Gasteiger partial charge on any atom is -0.495 e. The lowest BCUT2D eigenvalue weighted by Crippen LogP contribution is -2.49. The molecule has 1 aromatic rings. The van der Waals surface area contributed by atoms with Gasteiger partial charge in [-0.15, -0.1) is 11.8 Å². The van der Waals surface area contributed by atoms with Gasteiger partial charge in [0.1, 0.15) is 5.75 Å². The lowest BCUT2D eigenvalue weighted by Gasteiger charge is -2.56. The summed E-state index contributed by atoms with van der Waals surface area (Å²) in [5, 5.41) is 13.8. The Bertz CT molecular complexity index is 701. The normalized spacial score (nSPS) is 31.7. The fourth-order valence-corrected chi connectivity index (χ4v) is 7.09. The smallest absolute Gasteiger partial charge is 0.271 e. The third kappa shape index (κ3) is 3.41. The fraction of sp³-hybridized carbons (Fsp3) is 0.632. The molecule has 0 heterocycles. The van der Waals surface area contributed by atoms with Gasteiger partial charge in [0.25, 0.3) is 5.69 Å². The molecule has 4 bridgehead atoms. The van der Waals surface area contributed by atoms with E-state index in [1.807, 2.05) is 0 Å². The van der Waals surface area contributed by atoms with Crippen molar-refractivity contribution < 1.29 is 14.5 Å². The summed E-state index contributed by atoms with van der Waals surface area (Å²) in [7, 11) is 1.49. The van der Waals surface area contributed by atoms with E-state index >= 15 is 0 Å². The van der Waals surface area contributed by atoms with Crippen LogP contribution >= 0.6 is 11.8 Å². The molecule has 5 rings (SSSR count). The Kier molecular flexibility index (Phi) is 4.59. The van der Waals surface area contributed by atoms with Crippen LogP contribution < -0.4 is 10.1 Å². The maximum Gasteiger partial charge on any atom is 0.271 e. The monoisotopic (exact) mass is 376 g/mol. The Labute approximate surface area is 157 Å². The van der Waals surface area contributed by atoms with Gasteiger partial charge in [0.05, 0.1) is 23.5 Å². The summed E-state index contributed by atoms with van der Waals surface area (Å²) in [4.78, 5) is 23.0. The van der Waals surface area contributed by atoms with Gasteiger partial charge in [0, 0.05) is 16.9 Å². The molecule has 0 unspecified atom stereocenters. The van der Waals surface area contributed by atoms with Gasteiger partial charge in [0.15, 0.2) is 0 Å². The largest absolute Gasteiger partial charge is 0.495 e. The molecule has 26 heavy (non-hydrogen) atoms. The van der Waals surface area contributed by atoms with Crippen molar-refractivity contribution in [2.45, 2.75) is 43.3 Å². The summed E-state index contributed by atoms with van der Waals surface area (Å²) in [6, 6.07) is 4.24. The van der Waals surface area contributed by atoms with Crippen LogP contribution in [-0.4, -0.2) is 28.4 Å². The molecule has 4 saturated carbocycles. The Balaban J connectivity index is 1.40. The van der Waals surface area contributed by atoms with E-state index in [9.17, 15) is 14.9 Å². The third-order valence-corrected chi connectivity index (χ3v) is 7.68. The van der Waals surface area contributed by atoms with Crippen molar-refractivity contribution in [3.05, 3.63) is 28.3 Å². The van der Waals surface area contributed by atoms with Gasteiger partial charge in [-0.05, 0) is 62.3 Å². The van der Waals surface area contributed by atoms with Gasteiger partial charge in [-0.3, -0.25) is 14.9 Å². The third-order valence-electron chi connectivity index (χ3n) is 6.16. The van der Waals surface area contributed by atoms with Crippen molar-refractivity contribution >= 4 is 29.0 Å². The number of nitro benzene ring substituents is 1. The van der Waals surface area contributed by atoms with Crippen LogP contribution in [0.15, 0.2) is 18.2 Å². The molecular formula is C19H24N2O4S. The van der Waals surface area contributed by atoms with E-state index in [-0.39, 0.29) is 16.3 Å². The number of anilines is 1. The van der Waals surface area contributed by atoms with E-state index in [0.29, 0.717) is 17.2 Å². The van der Waals surface area contributed by atoms with Crippen LogP contribution in [0.1, 0.15) is 38.5 Å². The van der Waals surface area contributed by atoms with Crippen molar-refractivity contribution in [3.8, 4) is 5.75 Å². The van der Waals surface area contributed by atoms with Crippen LogP contribution in [0.4, 0.5) is 11.4 Å². The lowest BCUT2D eigenvalue weighted by molar-refractivity contribution is -0.384. The van der Waals surface area contributed by atoms with Crippen LogP contribution in [0.3, 0.4) is 0 Å². The Morgan fingerprint density at radius 2 is 1.88 bits per heavy atom.